The highest BCUT2D eigenvalue weighted by molar-refractivity contribution is 5.29. The highest BCUT2D eigenvalue weighted by Gasteiger charge is 2.11. The van der Waals surface area contributed by atoms with Gasteiger partial charge in [-0.3, -0.25) is 0 Å². The predicted octanol–water partition coefficient (Wildman–Crippen LogP) is 2.78. The highest BCUT2D eigenvalue weighted by atomic mass is 14.2. The Morgan fingerprint density at radius 1 is 1.60 bits per heavy atom. The molecule has 0 aromatic heterocycles. The van der Waals surface area contributed by atoms with E-state index in [1.54, 1.807) is 0 Å². The van der Waals surface area contributed by atoms with Crippen LogP contribution in [0.1, 0.15) is 20.3 Å². The van der Waals surface area contributed by atoms with E-state index >= 15 is 0 Å². The molecule has 1 aliphatic carbocycles. The Morgan fingerprint density at radius 3 is 2.20 bits per heavy atom. The van der Waals surface area contributed by atoms with Gasteiger partial charge in [0.25, 0.3) is 0 Å². The van der Waals surface area contributed by atoms with Crippen LogP contribution in [0.2, 0.25) is 0 Å². The van der Waals surface area contributed by atoms with Crippen molar-refractivity contribution in [3.8, 4) is 12.8 Å². The lowest BCUT2D eigenvalue weighted by Gasteiger charge is -1.98. The van der Waals surface area contributed by atoms with Gasteiger partial charge in [-0.2, -0.15) is 0 Å². The Morgan fingerprint density at radius 2 is 2.10 bits per heavy atom. The van der Waals surface area contributed by atoms with Gasteiger partial charge in [-0.25, -0.2) is 0 Å². The molecular weight excluding hydrogens is 120 g/mol. The van der Waals surface area contributed by atoms with Crippen LogP contribution in [0.15, 0.2) is 23.8 Å². The SMILES string of the molecule is C#C.C=C1C=C(C)CC1C. The number of allylic oxidation sites excluding steroid dienone is 3. The Kier molecular flexibility index (Phi) is 3.57. The van der Waals surface area contributed by atoms with Crippen molar-refractivity contribution in [1.29, 1.82) is 0 Å². The fourth-order valence-corrected chi connectivity index (χ4v) is 1.13. The first-order chi connectivity index (χ1) is 4.70. The third-order valence-corrected chi connectivity index (χ3v) is 1.69. The quantitative estimate of drug-likeness (QED) is 0.447. The monoisotopic (exact) mass is 134 g/mol. The Hall–Kier alpha value is -0.960. The van der Waals surface area contributed by atoms with Crippen molar-refractivity contribution in [2.75, 3.05) is 0 Å². The zero-order valence-corrected chi connectivity index (χ0v) is 6.72. The van der Waals surface area contributed by atoms with E-state index in [2.05, 4.69) is 39.3 Å². The molecule has 0 nitrogen and oxygen atoms in total. The van der Waals surface area contributed by atoms with E-state index in [1.807, 2.05) is 0 Å². The maximum Gasteiger partial charge on any atom is -0.0159 e. The van der Waals surface area contributed by atoms with E-state index in [9.17, 15) is 0 Å². The Bertz CT molecular complexity index is 170. The van der Waals surface area contributed by atoms with Gasteiger partial charge in [0, 0.05) is 0 Å². The number of rotatable bonds is 0. The second-order valence-electron chi connectivity index (χ2n) is 2.67. The van der Waals surface area contributed by atoms with Crippen LogP contribution in [0.4, 0.5) is 0 Å². The summed E-state index contributed by atoms with van der Waals surface area (Å²) in [6.45, 7) is 8.29. The maximum atomic E-state index is 4.00. The summed E-state index contributed by atoms with van der Waals surface area (Å²) in [6, 6.07) is 0. The summed E-state index contributed by atoms with van der Waals surface area (Å²) in [5.41, 5.74) is 2.77. The highest BCUT2D eigenvalue weighted by Crippen LogP contribution is 2.27. The summed E-state index contributed by atoms with van der Waals surface area (Å²) in [4.78, 5) is 0. The first-order valence-corrected chi connectivity index (χ1v) is 3.39. The zero-order chi connectivity index (χ0) is 8.15. The Labute approximate surface area is 63.6 Å². The standard InChI is InChI=1S/C8H12.C2H2/c1-6-4-7(2)8(3)5-6;1-2/h4,8H,2,5H2,1,3H3;1-2H. The second kappa shape index (κ2) is 3.95. The van der Waals surface area contributed by atoms with Gasteiger partial charge in [0.05, 0.1) is 0 Å². The van der Waals surface area contributed by atoms with Gasteiger partial charge in [0.2, 0.25) is 0 Å². The fraction of sp³-hybridized carbons (Fsp3) is 0.400. The van der Waals surface area contributed by atoms with Crippen LogP contribution in [0.3, 0.4) is 0 Å². The Balaban J connectivity index is 0.000000371. The minimum atomic E-state index is 0.704. The molecule has 0 saturated carbocycles. The van der Waals surface area contributed by atoms with Gasteiger partial charge in [0.1, 0.15) is 0 Å². The molecule has 0 saturated heterocycles. The molecule has 1 atom stereocenters. The summed E-state index contributed by atoms with van der Waals surface area (Å²) < 4.78 is 0. The molecule has 0 aromatic rings. The molecule has 0 amide bonds. The van der Waals surface area contributed by atoms with Gasteiger partial charge >= 0.3 is 0 Å². The van der Waals surface area contributed by atoms with E-state index < -0.39 is 0 Å². The van der Waals surface area contributed by atoms with E-state index in [-0.39, 0.29) is 0 Å². The molecule has 0 fully saturated rings. The molecule has 0 aliphatic heterocycles. The zero-order valence-electron chi connectivity index (χ0n) is 6.72. The van der Waals surface area contributed by atoms with Crippen molar-refractivity contribution in [2.24, 2.45) is 5.92 Å². The van der Waals surface area contributed by atoms with E-state index in [1.165, 1.54) is 17.6 Å². The molecule has 0 heteroatoms. The molecule has 0 bridgehead atoms. The third kappa shape index (κ3) is 2.11. The molecule has 10 heavy (non-hydrogen) atoms. The average molecular weight is 134 g/mol. The topological polar surface area (TPSA) is 0 Å². The van der Waals surface area contributed by atoms with E-state index in [4.69, 9.17) is 0 Å². The van der Waals surface area contributed by atoms with Crippen LogP contribution in [0.5, 0.6) is 0 Å². The van der Waals surface area contributed by atoms with Gasteiger partial charge in [0.15, 0.2) is 0 Å². The van der Waals surface area contributed by atoms with Crippen LogP contribution in [0.25, 0.3) is 0 Å². The fourth-order valence-electron chi connectivity index (χ4n) is 1.13. The first-order valence-electron chi connectivity index (χ1n) is 3.39. The molecule has 0 radical (unpaired) electrons. The summed E-state index contributed by atoms with van der Waals surface area (Å²) in [5.74, 6) is 0.704. The average Bonchev–Trinajstić information content (AvgIpc) is 2.16. The van der Waals surface area contributed by atoms with Crippen LogP contribution >= 0.6 is 0 Å². The lowest BCUT2D eigenvalue weighted by Crippen LogP contribution is -1.86. The predicted molar refractivity (Wildman–Crippen MR) is 46.6 cm³/mol. The molecule has 0 aromatic carbocycles. The van der Waals surface area contributed by atoms with Crippen molar-refractivity contribution >= 4 is 0 Å². The van der Waals surface area contributed by atoms with Crippen molar-refractivity contribution in [2.45, 2.75) is 20.3 Å². The second-order valence-corrected chi connectivity index (χ2v) is 2.67. The molecule has 1 aliphatic rings. The third-order valence-electron chi connectivity index (χ3n) is 1.69. The summed E-state index contributed by atoms with van der Waals surface area (Å²) >= 11 is 0. The number of hydrogen-bond acceptors (Lipinski definition) is 0. The van der Waals surface area contributed by atoms with E-state index in [0.29, 0.717) is 5.92 Å². The molecule has 0 spiro atoms. The molecule has 1 rings (SSSR count). The largest absolute Gasteiger partial charge is 0.124 e. The van der Waals surface area contributed by atoms with Crippen molar-refractivity contribution in [3.05, 3.63) is 23.8 Å². The van der Waals surface area contributed by atoms with Crippen molar-refractivity contribution in [1.82, 2.24) is 0 Å². The van der Waals surface area contributed by atoms with Gasteiger partial charge in [-0.1, -0.05) is 30.7 Å². The summed E-state index contributed by atoms with van der Waals surface area (Å²) in [6.07, 6.45) is 11.4. The first kappa shape index (κ1) is 9.04. The summed E-state index contributed by atoms with van der Waals surface area (Å²) in [7, 11) is 0. The lowest BCUT2D eigenvalue weighted by atomic mass is 10.1. The lowest BCUT2D eigenvalue weighted by molar-refractivity contribution is 0.726. The van der Waals surface area contributed by atoms with E-state index in [0.717, 1.165) is 0 Å². The molecular formula is C10H14. The minimum Gasteiger partial charge on any atom is -0.124 e. The maximum absolute atomic E-state index is 4.00. The number of terminal acetylenes is 1. The number of hydrogen-bond donors (Lipinski definition) is 0. The van der Waals surface area contributed by atoms with Crippen LogP contribution in [0, 0.1) is 18.8 Å². The molecule has 0 heterocycles. The smallest absolute Gasteiger partial charge is 0.0159 e. The molecule has 54 valence electrons. The van der Waals surface area contributed by atoms with Crippen LogP contribution < -0.4 is 0 Å². The van der Waals surface area contributed by atoms with Gasteiger partial charge in [-0.15, -0.1) is 12.8 Å². The molecule has 1 unspecified atom stereocenters. The van der Waals surface area contributed by atoms with Gasteiger partial charge in [-0.05, 0) is 19.3 Å². The van der Waals surface area contributed by atoms with Crippen molar-refractivity contribution in [3.63, 3.8) is 0 Å². The molecule has 0 N–H and O–H groups in total. The van der Waals surface area contributed by atoms with Crippen LogP contribution in [-0.4, -0.2) is 0 Å². The summed E-state index contributed by atoms with van der Waals surface area (Å²) in [5, 5.41) is 0. The van der Waals surface area contributed by atoms with Gasteiger partial charge < -0.3 is 0 Å². The van der Waals surface area contributed by atoms with Crippen LogP contribution in [-0.2, 0) is 0 Å². The minimum absolute atomic E-state index is 0.704. The normalized spacial score (nSPS) is 23.0. The van der Waals surface area contributed by atoms with Crippen molar-refractivity contribution < 1.29 is 0 Å².